The average molecular weight is 679 g/mol. The van der Waals surface area contributed by atoms with Crippen molar-refractivity contribution in [3.63, 3.8) is 0 Å². The van der Waals surface area contributed by atoms with Crippen molar-refractivity contribution >= 4 is 5.97 Å². The second kappa shape index (κ2) is 18.9. The van der Waals surface area contributed by atoms with Crippen molar-refractivity contribution in [1.82, 2.24) is 0 Å². The Morgan fingerprint density at radius 3 is 2.02 bits per heavy atom. The van der Waals surface area contributed by atoms with Gasteiger partial charge in [-0.3, -0.25) is 0 Å². The number of aliphatic hydroxyl groups is 1. The summed E-state index contributed by atoms with van der Waals surface area (Å²) < 4.78 is 0. The summed E-state index contributed by atoms with van der Waals surface area (Å²) in [5, 5.41) is 19.4. The molecule has 2 N–H and O–H groups in total. The molecular weight excluding hydrogens is 601 g/mol. The van der Waals surface area contributed by atoms with Gasteiger partial charge in [-0.2, -0.15) is 0 Å². The molecule has 49 heavy (non-hydrogen) atoms. The van der Waals surface area contributed by atoms with Gasteiger partial charge in [-0.1, -0.05) is 148 Å². The van der Waals surface area contributed by atoms with Crippen LogP contribution in [-0.4, -0.2) is 22.3 Å². The zero-order valence-corrected chi connectivity index (χ0v) is 33.0. The van der Waals surface area contributed by atoms with E-state index in [4.69, 9.17) is 5.11 Å². The van der Waals surface area contributed by atoms with E-state index < -0.39 is 5.97 Å². The number of fused-ring (bicyclic) bond motifs is 5. The molecule has 0 aliphatic heterocycles. The summed E-state index contributed by atoms with van der Waals surface area (Å²) >= 11 is 0. The largest absolute Gasteiger partial charge is 0.478 e. The van der Waals surface area contributed by atoms with Gasteiger partial charge < -0.3 is 10.2 Å². The quantitative estimate of drug-likeness (QED) is 0.0721. The molecule has 0 aromatic carbocycles. The molecule has 4 rings (SSSR count). The summed E-state index contributed by atoms with van der Waals surface area (Å²) in [6.07, 6.45) is 40.5. The van der Waals surface area contributed by atoms with Crippen molar-refractivity contribution in [2.75, 3.05) is 0 Å². The van der Waals surface area contributed by atoms with Crippen molar-refractivity contribution in [3.05, 3.63) is 36.0 Å². The number of aliphatic carboxylic acids is 1. The van der Waals surface area contributed by atoms with Gasteiger partial charge in [0.05, 0.1) is 6.10 Å². The number of allylic oxidation sites excluding steroid dienone is 4. The predicted octanol–water partition coefficient (Wildman–Crippen LogP) is 13.3. The van der Waals surface area contributed by atoms with Crippen LogP contribution in [0.3, 0.4) is 0 Å². The van der Waals surface area contributed by atoms with Crippen molar-refractivity contribution in [2.24, 2.45) is 51.8 Å². The second-order valence-electron chi connectivity index (χ2n) is 18.5. The van der Waals surface area contributed by atoms with Crippen LogP contribution in [-0.2, 0) is 4.79 Å². The van der Waals surface area contributed by atoms with E-state index >= 15 is 0 Å². The zero-order chi connectivity index (χ0) is 35.5. The molecule has 0 heterocycles. The highest BCUT2D eigenvalue weighted by molar-refractivity contribution is 5.79. The van der Waals surface area contributed by atoms with Crippen molar-refractivity contribution in [1.29, 1.82) is 0 Å². The predicted molar refractivity (Wildman–Crippen MR) is 208 cm³/mol. The van der Waals surface area contributed by atoms with E-state index in [9.17, 15) is 9.90 Å². The molecule has 0 radical (unpaired) electrons. The Morgan fingerprint density at radius 2 is 1.41 bits per heavy atom. The molecule has 2 unspecified atom stereocenters. The van der Waals surface area contributed by atoms with Crippen LogP contribution in [0.1, 0.15) is 189 Å². The summed E-state index contributed by atoms with van der Waals surface area (Å²) in [7, 11) is 0. The molecule has 4 aliphatic carbocycles. The van der Waals surface area contributed by atoms with Crippen LogP contribution < -0.4 is 0 Å². The third-order valence-corrected chi connectivity index (χ3v) is 15.3. The van der Waals surface area contributed by atoms with Crippen LogP contribution >= 0.6 is 0 Å². The standard InChI is InChI=1S/C46H78O3/c1-35(2)36(3)23-24-37(4)40-27-28-41-42-26-25-38-34-39(47)29-31-45(38,6)46(42,33-32-44(40,41)5)30-21-19-17-15-13-11-9-7-8-10-12-14-16-18-20-22-43(48)49/h20,22-25,35-37,39-42,47H,7-19,21,26-34H2,1-6H3,(H,48,49)/t36-,37+,39?,40+,41-,42-,44+,45-,46?/m0/s1. The summed E-state index contributed by atoms with van der Waals surface area (Å²) in [6, 6.07) is 0. The Morgan fingerprint density at radius 1 is 0.796 bits per heavy atom. The molecule has 0 bridgehead atoms. The van der Waals surface area contributed by atoms with Gasteiger partial charge in [-0.25, -0.2) is 4.79 Å². The third kappa shape index (κ3) is 9.96. The molecule has 4 aliphatic rings. The highest BCUT2D eigenvalue weighted by Gasteiger charge is 2.65. The summed E-state index contributed by atoms with van der Waals surface area (Å²) in [5.41, 5.74) is 2.81. The topological polar surface area (TPSA) is 57.5 Å². The smallest absolute Gasteiger partial charge is 0.327 e. The molecular formula is C46H78O3. The average Bonchev–Trinajstić information content (AvgIpc) is 3.42. The maximum Gasteiger partial charge on any atom is 0.327 e. The number of carboxylic acid groups (broad SMARTS) is 1. The first-order valence-corrected chi connectivity index (χ1v) is 21.4. The fraction of sp³-hybridized carbons (Fsp3) is 0.848. The summed E-state index contributed by atoms with van der Waals surface area (Å²) in [4.78, 5) is 10.5. The molecule has 0 amide bonds. The molecule has 3 heteroatoms. The maximum absolute atomic E-state index is 10.7. The van der Waals surface area contributed by atoms with Gasteiger partial charge >= 0.3 is 5.97 Å². The molecule has 0 saturated heterocycles. The first-order chi connectivity index (χ1) is 23.4. The first-order valence-electron chi connectivity index (χ1n) is 21.4. The van der Waals surface area contributed by atoms with E-state index in [2.05, 4.69) is 59.8 Å². The molecule has 9 atom stereocenters. The van der Waals surface area contributed by atoms with Gasteiger partial charge in [0.15, 0.2) is 0 Å². The highest BCUT2D eigenvalue weighted by Crippen LogP contribution is 2.73. The van der Waals surface area contributed by atoms with E-state index in [1.54, 1.807) is 11.6 Å². The normalized spacial score (nSPS) is 34.2. The zero-order valence-electron chi connectivity index (χ0n) is 33.0. The lowest BCUT2D eigenvalue weighted by molar-refractivity contribution is -0.133. The lowest BCUT2D eigenvalue weighted by atomic mass is 9.39. The van der Waals surface area contributed by atoms with Crippen molar-refractivity contribution in [3.8, 4) is 0 Å². The van der Waals surface area contributed by atoms with E-state index in [1.165, 1.54) is 128 Å². The van der Waals surface area contributed by atoms with Gasteiger partial charge in [0.1, 0.15) is 0 Å². The molecule has 3 nitrogen and oxygen atoms in total. The molecule has 3 saturated carbocycles. The number of unbranched alkanes of at least 4 members (excludes halogenated alkanes) is 13. The monoisotopic (exact) mass is 679 g/mol. The second-order valence-corrected chi connectivity index (χ2v) is 18.5. The molecule has 0 spiro atoms. The van der Waals surface area contributed by atoms with Gasteiger partial charge in [0, 0.05) is 6.08 Å². The van der Waals surface area contributed by atoms with Crippen LogP contribution in [0.15, 0.2) is 36.0 Å². The Hall–Kier alpha value is -1.35. The third-order valence-electron chi connectivity index (χ3n) is 15.3. The van der Waals surface area contributed by atoms with Crippen molar-refractivity contribution in [2.45, 2.75) is 195 Å². The minimum absolute atomic E-state index is 0.127. The van der Waals surface area contributed by atoms with E-state index in [-0.39, 0.29) is 11.5 Å². The van der Waals surface area contributed by atoms with Gasteiger partial charge in [-0.05, 0) is 122 Å². The summed E-state index contributed by atoms with van der Waals surface area (Å²) in [6.45, 7) is 15.0. The van der Waals surface area contributed by atoms with Gasteiger partial charge in [0.2, 0.25) is 0 Å². The lowest BCUT2D eigenvalue weighted by Gasteiger charge is -2.66. The van der Waals surface area contributed by atoms with Gasteiger partial charge in [0.25, 0.3) is 0 Å². The Bertz CT molecular complexity index is 1100. The molecule has 280 valence electrons. The van der Waals surface area contributed by atoms with Crippen LogP contribution in [0.4, 0.5) is 0 Å². The SMILES string of the molecule is CC(C)[C@@H](C)C=C[C@@H](C)[C@H]1CC[C@H]2[C@@H]3CC=C4CC(O)CC[C@]4(C)C3(CCCCCCCCCCCCCCCC=CC(=O)O)CC[C@]12C. The molecule has 0 aromatic rings. The number of aliphatic hydroxyl groups excluding tert-OH is 1. The minimum atomic E-state index is -0.834. The Labute approximate surface area is 303 Å². The molecule has 3 fully saturated rings. The van der Waals surface area contributed by atoms with E-state index in [1.807, 2.05) is 0 Å². The number of rotatable bonds is 21. The van der Waals surface area contributed by atoms with Crippen molar-refractivity contribution < 1.29 is 15.0 Å². The fourth-order valence-corrected chi connectivity index (χ4v) is 11.8. The Kier molecular flexibility index (Phi) is 15.6. The van der Waals surface area contributed by atoms with Crippen LogP contribution in [0.25, 0.3) is 0 Å². The Balaban J connectivity index is 1.24. The number of hydrogen-bond donors (Lipinski definition) is 2. The number of carbonyl (C=O) groups is 1. The van der Waals surface area contributed by atoms with E-state index in [0.717, 1.165) is 43.4 Å². The maximum atomic E-state index is 10.7. The van der Waals surface area contributed by atoms with Crippen LogP contribution in [0.5, 0.6) is 0 Å². The number of hydrogen-bond acceptors (Lipinski definition) is 2. The van der Waals surface area contributed by atoms with E-state index in [0.29, 0.717) is 28.6 Å². The highest BCUT2D eigenvalue weighted by atomic mass is 16.4. The van der Waals surface area contributed by atoms with Crippen LogP contribution in [0.2, 0.25) is 0 Å². The number of carboxylic acids is 1. The summed E-state index contributed by atoms with van der Waals surface area (Å²) in [5.74, 6) is 3.70. The minimum Gasteiger partial charge on any atom is -0.478 e. The molecule has 0 aromatic heterocycles. The van der Waals surface area contributed by atoms with Gasteiger partial charge in [-0.15, -0.1) is 0 Å². The van der Waals surface area contributed by atoms with Crippen LogP contribution in [0, 0.1) is 51.8 Å². The fourth-order valence-electron chi connectivity index (χ4n) is 11.8. The lowest BCUT2D eigenvalue weighted by Crippen LogP contribution is -2.58. The first kappa shape index (κ1) is 40.4.